The fourth-order valence-corrected chi connectivity index (χ4v) is 3.58. The van der Waals surface area contributed by atoms with Crippen LogP contribution in [0.5, 0.6) is 5.75 Å². The molecule has 0 saturated heterocycles. The van der Waals surface area contributed by atoms with Gasteiger partial charge in [-0.25, -0.2) is 13.8 Å². The minimum absolute atomic E-state index is 0.0295. The molecule has 1 unspecified atom stereocenters. The van der Waals surface area contributed by atoms with Crippen LogP contribution in [0.15, 0.2) is 58.5 Å². The lowest BCUT2D eigenvalue weighted by atomic mass is 10.00. The minimum Gasteiger partial charge on any atom is -0.497 e. The third kappa shape index (κ3) is 4.62. The Kier molecular flexibility index (Phi) is 5.97. The molecular formula is C24H18F5N3O. The molecule has 9 heteroatoms. The molecular weight excluding hydrogens is 441 g/mol. The summed E-state index contributed by atoms with van der Waals surface area (Å²) in [6.45, 7) is 1.69. The van der Waals surface area contributed by atoms with E-state index < -0.39 is 29.4 Å². The van der Waals surface area contributed by atoms with Crippen LogP contribution in [-0.2, 0) is 12.6 Å². The van der Waals surface area contributed by atoms with E-state index in [1.807, 2.05) is 0 Å². The number of nitrogens with zero attached hydrogens (tertiary/aromatic N) is 3. The van der Waals surface area contributed by atoms with Crippen molar-refractivity contribution in [2.75, 3.05) is 7.11 Å². The van der Waals surface area contributed by atoms with Crippen molar-refractivity contribution in [3.05, 3.63) is 82.5 Å². The molecule has 4 rings (SSSR count). The van der Waals surface area contributed by atoms with Crippen LogP contribution in [0.1, 0.15) is 22.4 Å². The number of hydrogen-bond donors (Lipinski definition) is 0. The summed E-state index contributed by atoms with van der Waals surface area (Å²) in [6, 6.07) is 10.3. The molecule has 0 bridgehead atoms. The average molecular weight is 459 g/mol. The first-order chi connectivity index (χ1) is 15.7. The van der Waals surface area contributed by atoms with Gasteiger partial charge in [0, 0.05) is 23.9 Å². The van der Waals surface area contributed by atoms with E-state index in [-0.39, 0.29) is 28.4 Å². The highest BCUT2D eigenvalue weighted by Gasteiger charge is 2.34. The van der Waals surface area contributed by atoms with Gasteiger partial charge < -0.3 is 4.74 Å². The van der Waals surface area contributed by atoms with Gasteiger partial charge in [-0.2, -0.15) is 13.2 Å². The molecule has 0 saturated carbocycles. The molecule has 2 aromatic carbocycles. The zero-order valence-electron chi connectivity index (χ0n) is 17.6. The van der Waals surface area contributed by atoms with Gasteiger partial charge in [0.15, 0.2) is 17.5 Å². The van der Waals surface area contributed by atoms with E-state index in [1.165, 1.54) is 43.7 Å². The molecule has 1 aliphatic heterocycles. The topological polar surface area (TPSA) is 46.8 Å². The van der Waals surface area contributed by atoms with E-state index in [0.717, 1.165) is 17.7 Å². The van der Waals surface area contributed by atoms with Gasteiger partial charge in [0.1, 0.15) is 5.75 Å². The summed E-state index contributed by atoms with van der Waals surface area (Å²) >= 11 is 0. The highest BCUT2D eigenvalue weighted by molar-refractivity contribution is 6.07. The minimum atomic E-state index is -4.57. The lowest BCUT2D eigenvalue weighted by Gasteiger charge is -2.15. The summed E-state index contributed by atoms with van der Waals surface area (Å²) in [5.41, 5.74) is 0.543. The Morgan fingerprint density at radius 3 is 2.48 bits per heavy atom. The Balaban J connectivity index is 1.59. The van der Waals surface area contributed by atoms with Gasteiger partial charge in [-0.05, 0) is 48.9 Å². The molecule has 0 aliphatic carbocycles. The van der Waals surface area contributed by atoms with E-state index in [0.29, 0.717) is 12.1 Å². The summed E-state index contributed by atoms with van der Waals surface area (Å²) in [5, 5.41) is 0. The van der Waals surface area contributed by atoms with Crippen LogP contribution in [0, 0.1) is 18.6 Å². The van der Waals surface area contributed by atoms with Crippen LogP contribution in [-0.4, -0.2) is 30.2 Å². The van der Waals surface area contributed by atoms with Crippen LogP contribution in [0.2, 0.25) is 0 Å². The predicted octanol–water partition coefficient (Wildman–Crippen LogP) is 5.80. The summed E-state index contributed by atoms with van der Waals surface area (Å²) in [4.78, 5) is 12.8. The standard InChI is InChI=1S/C24H18F5N3O/c1-13-14(10-15-12-30-23(32-15)18-4-3-5-20(25)22(18)26)6-9-21(31-13)17-8-7-16(33-2)11-19(17)24(27,28)29/h3-9,11-12,15H,10H2,1-2H3. The quantitative estimate of drug-likeness (QED) is 0.453. The number of benzene rings is 2. The number of methoxy groups -OCH3 is 1. The van der Waals surface area contributed by atoms with E-state index >= 15 is 0 Å². The third-order valence-electron chi connectivity index (χ3n) is 5.28. The maximum atomic E-state index is 14.0. The molecule has 4 nitrogen and oxygen atoms in total. The monoisotopic (exact) mass is 459 g/mol. The van der Waals surface area contributed by atoms with Gasteiger partial charge >= 0.3 is 6.18 Å². The fourth-order valence-electron chi connectivity index (χ4n) is 3.58. The molecule has 0 spiro atoms. The molecule has 170 valence electrons. The second kappa shape index (κ2) is 8.73. The fraction of sp³-hybridized carbons (Fsp3) is 0.208. The number of aliphatic imine (C=N–C) groups is 2. The smallest absolute Gasteiger partial charge is 0.417 e. The van der Waals surface area contributed by atoms with Gasteiger partial charge in [0.2, 0.25) is 0 Å². The maximum absolute atomic E-state index is 14.0. The Bertz CT molecular complexity index is 1270. The van der Waals surface area contributed by atoms with Crippen LogP contribution < -0.4 is 4.74 Å². The highest BCUT2D eigenvalue weighted by Crippen LogP contribution is 2.38. The molecule has 33 heavy (non-hydrogen) atoms. The van der Waals surface area contributed by atoms with Gasteiger partial charge in [-0.1, -0.05) is 12.1 Å². The lowest BCUT2D eigenvalue weighted by Crippen LogP contribution is -2.11. The van der Waals surface area contributed by atoms with Crippen molar-refractivity contribution in [3.8, 4) is 17.0 Å². The summed E-state index contributed by atoms with van der Waals surface area (Å²) in [6.07, 6.45) is -2.69. The number of aromatic nitrogens is 1. The molecule has 1 aliphatic rings. The molecule has 0 N–H and O–H groups in total. The summed E-state index contributed by atoms with van der Waals surface area (Å²) in [5.74, 6) is -1.81. The Morgan fingerprint density at radius 2 is 1.79 bits per heavy atom. The molecule has 1 atom stereocenters. The second-order valence-corrected chi connectivity index (χ2v) is 7.45. The number of ether oxygens (including phenoxy) is 1. The molecule has 0 fully saturated rings. The number of aryl methyl sites for hydroxylation is 1. The number of halogens is 5. The molecule has 0 amide bonds. The van der Waals surface area contributed by atoms with Crippen molar-refractivity contribution in [1.82, 2.24) is 4.98 Å². The summed E-state index contributed by atoms with van der Waals surface area (Å²) in [7, 11) is 1.30. The van der Waals surface area contributed by atoms with Crippen molar-refractivity contribution in [2.24, 2.45) is 9.98 Å². The van der Waals surface area contributed by atoms with E-state index in [4.69, 9.17) is 4.74 Å². The first kappa shape index (κ1) is 22.6. The van der Waals surface area contributed by atoms with Gasteiger partial charge in [-0.15, -0.1) is 0 Å². The number of pyridine rings is 1. The van der Waals surface area contributed by atoms with Crippen LogP contribution in [0.4, 0.5) is 22.0 Å². The number of hydrogen-bond acceptors (Lipinski definition) is 4. The number of amidine groups is 1. The summed E-state index contributed by atoms with van der Waals surface area (Å²) < 4.78 is 73.1. The van der Waals surface area contributed by atoms with Gasteiger partial charge in [-0.3, -0.25) is 9.98 Å². The Labute approximate surface area is 186 Å². The van der Waals surface area contributed by atoms with Crippen LogP contribution in [0.25, 0.3) is 11.3 Å². The first-order valence-electron chi connectivity index (χ1n) is 9.96. The molecule has 2 heterocycles. The first-order valence-corrected chi connectivity index (χ1v) is 9.96. The highest BCUT2D eigenvalue weighted by atomic mass is 19.4. The molecule has 1 aromatic heterocycles. The van der Waals surface area contributed by atoms with Crippen LogP contribution >= 0.6 is 0 Å². The zero-order valence-corrected chi connectivity index (χ0v) is 17.6. The van der Waals surface area contributed by atoms with Gasteiger partial charge in [0.25, 0.3) is 0 Å². The zero-order chi connectivity index (χ0) is 23.8. The average Bonchev–Trinajstić information content (AvgIpc) is 3.24. The number of alkyl halides is 3. The van der Waals surface area contributed by atoms with Crippen molar-refractivity contribution in [3.63, 3.8) is 0 Å². The Morgan fingerprint density at radius 1 is 1.00 bits per heavy atom. The SMILES string of the molecule is COc1ccc(-c2ccc(CC3C=NC(c4cccc(F)c4F)=N3)c(C)n2)c(C(F)(F)F)c1. The van der Waals surface area contributed by atoms with Gasteiger partial charge in [0.05, 0.1) is 30.0 Å². The van der Waals surface area contributed by atoms with Crippen molar-refractivity contribution in [1.29, 1.82) is 0 Å². The molecule has 3 aromatic rings. The van der Waals surface area contributed by atoms with E-state index in [1.54, 1.807) is 13.0 Å². The molecule has 0 radical (unpaired) electrons. The largest absolute Gasteiger partial charge is 0.497 e. The third-order valence-corrected chi connectivity index (χ3v) is 5.28. The second-order valence-electron chi connectivity index (χ2n) is 7.45. The Hall–Kier alpha value is -3.62. The van der Waals surface area contributed by atoms with Crippen molar-refractivity contribution < 1.29 is 26.7 Å². The van der Waals surface area contributed by atoms with E-state index in [2.05, 4.69) is 15.0 Å². The number of rotatable bonds is 5. The van der Waals surface area contributed by atoms with Crippen molar-refractivity contribution >= 4 is 12.1 Å². The van der Waals surface area contributed by atoms with E-state index in [9.17, 15) is 22.0 Å². The van der Waals surface area contributed by atoms with Crippen LogP contribution in [0.3, 0.4) is 0 Å². The van der Waals surface area contributed by atoms with Crippen molar-refractivity contribution in [2.45, 2.75) is 25.6 Å². The normalized spacial score (nSPS) is 15.6. The predicted molar refractivity (Wildman–Crippen MR) is 115 cm³/mol. The lowest BCUT2D eigenvalue weighted by molar-refractivity contribution is -0.137. The maximum Gasteiger partial charge on any atom is 0.417 e.